The first kappa shape index (κ1) is 30.0. The van der Waals surface area contributed by atoms with E-state index in [1.54, 1.807) is 0 Å². The Balaban J connectivity index is 1.18. The summed E-state index contributed by atoms with van der Waals surface area (Å²) in [6.45, 7) is 0. The minimum Gasteiger partial charge on any atom is -0.292 e. The molecule has 0 fully saturated rings. The highest BCUT2D eigenvalue weighted by atomic mass is 15.1. The van der Waals surface area contributed by atoms with Crippen molar-refractivity contribution in [2.45, 2.75) is 5.41 Å². The standard InChI is InChI=1S/C53H31N3/c1-2-16-35(17-3-1)56-47-27-11-10-26-46(47)55-52(56)34-28-33(30-54-31-34)49-50-40-22-13-15-32-14-12-21-38(48(32)40)41(50)29-45-51(49)39-20-6-9-25-44(39)53(45)42-23-7-4-18-36(42)37-19-5-8-24-43(37)53/h1-31H. The Hall–Kier alpha value is -7.36. The first-order valence-corrected chi connectivity index (χ1v) is 19.3. The fourth-order valence-electron chi connectivity index (χ4n) is 10.6. The van der Waals surface area contributed by atoms with Gasteiger partial charge < -0.3 is 0 Å². The number of aromatic nitrogens is 3. The number of para-hydroxylation sites is 3. The molecule has 2 heterocycles. The Labute approximate surface area is 323 Å². The number of fused-ring (bicyclic) bond motifs is 14. The molecule has 3 aliphatic carbocycles. The van der Waals surface area contributed by atoms with Crippen molar-refractivity contribution in [1.29, 1.82) is 0 Å². The summed E-state index contributed by atoms with van der Waals surface area (Å²) in [5.74, 6) is 0.872. The Bertz CT molecular complexity index is 3260. The van der Waals surface area contributed by atoms with Crippen molar-refractivity contribution >= 4 is 21.8 Å². The Kier molecular flexibility index (Phi) is 5.83. The third-order valence-corrected chi connectivity index (χ3v) is 12.6. The lowest BCUT2D eigenvalue weighted by molar-refractivity contribution is 0.794. The lowest BCUT2D eigenvalue weighted by atomic mass is 9.69. The van der Waals surface area contributed by atoms with Gasteiger partial charge in [-0.15, -0.1) is 0 Å². The largest absolute Gasteiger partial charge is 0.292 e. The van der Waals surface area contributed by atoms with Gasteiger partial charge in [-0.3, -0.25) is 9.55 Å². The average Bonchev–Trinajstić information content (AvgIpc) is 3.99. The quantitative estimate of drug-likeness (QED) is 0.183. The van der Waals surface area contributed by atoms with Crippen LogP contribution >= 0.6 is 0 Å². The molecule has 3 aliphatic rings. The number of benzene rings is 8. The van der Waals surface area contributed by atoms with Gasteiger partial charge in [0.25, 0.3) is 0 Å². The number of rotatable bonds is 3. The normalized spacial score (nSPS) is 13.5. The second-order valence-corrected chi connectivity index (χ2v) is 15.3. The second-order valence-electron chi connectivity index (χ2n) is 15.3. The Morgan fingerprint density at radius 1 is 0.411 bits per heavy atom. The van der Waals surface area contributed by atoms with E-state index in [4.69, 9.17) is 9.97 Å². The van der Waals surface area contributed by atoms with E-state index < -0.39 is 5.41 Å². The predicted octanol–water partition coefficient (Wildman–Crippen LogP) is 12.9. The van der Waals surface area contributed by atoms with E-state index in [2.05, 4.69) is 187 Å². The molecule has 0 bridgehead atoms. The summed E-state index contributed by atoms with van der Waals surface area (Å²) >= 11 is 0. The van der Waals surface area contributed by atoms with E-state index in [0.717, 1.165) is 33.7 Å². The molecule has 258 valence electrons. The smallest absolute Gasteiger partial charge is 0.147 e. The maximum Gasteiger partial charge on any atom is 0.147 e. The summed E-state index contributed by atoms with van der Waals surface area (Å²) in [5.41, 5.74) is 21.5. The van der Waals surface area contributed by atoms with Gasteiger partial charge in [-0.05, 0) is 119 Å². The average molecular weight is 710 g/mol. The molecule has 8 aromatic carbocycles. The van der Waals surface area contributed by atoms with Crippen LogP contribution in [0.15, 0.2) is 188 Å². The minimum absolute atomic E-state index is 0.474. The van der Waals surface area contributed by atoms with Crippen LogP contribution in [0.3, 0.4) is 0 Å². The molecule has 10 aromatic rings. The molecule has 0 amide bonds. The molecular formula is C53H31N3. The van der Waals surface area contributed by atoms with Crippen molar-refractivity contribution in [2.24, 2.45) is 0 Å². The Morgan fingerprint density at radius 2 is 1.02 bits per heavy atom. The van der Waals surface area contributed by atoms with Crippen molar-refractivity contribution < 1.29 is 0 Å². The molecule has 0 saturated heterocycles. The van der Waals surface area contributed by atoms with Crippen molar-refractivity contribution in [1.82, 2.24) is 14.5 Å². The van der Waals surface area contributed by atoms with Crippen molar-refractivity contribution in [3.8, 4) is 72.7 Å². The van der Waals surface area contributed by atoms with Gasteiger partial charge in [0.1, 0.15) is 5.82 Å². The predicted molar refractivity (Wildman–Crippen MR) is 228 cm³/mol. The molecule has 3 nitrogen and oxygen atoms in total. The SMILES string of the molecule is c1ccc(-n2c(-c3cncc(-c4c5c(cc6c4-c4ccccc4C64c6ccccc6-c6ccccc64)-c4cccc6cccc-5c46)c3)nc3ccccc32)cc1. The molecule has 0 N–H and O–H groups in total. The number of nitrogens with zero attached hydrogens (tertiary/aromatic N) is 3. The zero-order valence-corrected chi connectivity index (χ0v) is 30.2. The second kappa shape index (κ2) is 10.9. The third kappa shape index (κ3) is 3.67. The summed E-state index contributed by atoms with van der Waals surface area (Å²) < 4.78 is 2.27. The van der Waals surface area contributed by atoms with Crippen LogP contribution in [0.5, 0.6) is 0 Å². The zero-order chi connectivity index (χ0) is 36.5. The van der Waals surface area contributed by atoms with Gasteiger partial charge in [0.2, 0.25) is 0 Å². The Morgan fingerprint density at radius 3 is 1.79 bits per heavy atom. The number of hydrogen-bond donors (Lipinski definition) is 0. The lowest BCUT2D eigenvalue weighted by Gasteiger charge is -2.31. The summed E-state index contributed by atoms with van der Waals surface area (Å²) in [6.07, 6.45) is 4.05. The molecule has 3 heteroatoms. The van der Waals surface area contributed by atoms with E-state index in [0.29, 0.717) is 0 Å². The van der Waals surface area contributed by atoms with E-state index in [1.807, 2.05) is 6.20 Å². The van der Waals surface area contributed by atoms with Gasteiger partial charge in [0, 0.05) is 29.2 Å². The fourth-order valence-corrected chi connectivity index (χ4v) is 10.6. The fraction of sp³-hybridized carbons (Fsp3) is 0.0189. The topological polar surface area (TPSA) is 30.7 Å². The number of hydrogen-bond acceptors (Lipinski definition) is 2. The zero-order valence-electron chi connectivity index (χ0n) is 30.2. The summed E-state index contributed by atoms with van der Waals surface area (Å²) in [4.78, 5) is 10.3. The van der Waals surface area contributed by atoms with Gasteiger partial charge in [0.05, 0.1) is 16.4 Å². The molecule has 0 radical (unpaired) electrons. The molecule has 0 unspecified atom stereocenters. The van der Waals surface area contributed by atoms with Crippen LogP contribution in [0.1, 0.15) is 22.3 Å². The minimum atomic E-state index is -0.474. The van der Waals surface area contributed by atoms with Crippen LogP contribution in [-0.2, 0) is 5.41 Å². The maximum atomic E-state index is 5.27. The van der Waals surface area contributed by atoms with Gasteiger partial charge in [-0.2, -0.15) is 0 Å². The van der Waals surface area contributed by atoms with Crippen LogP contribution in [0.4, 0.5) is 0 Å². The maximum absolute atomic E-state index is 5.27. The highest BCUT2D eigenvalue weighted by Gasteiger charge is 2.53. The van der Waals surface area contributed by atoms with Crippen LogP contribution in [0, 0.1) is 0 Å². The van der Waals surface area contributed by atoms with Gasteiger partial charge in [-0.25, -0.2) is 4.98 Å². The molecule has 0 saturated carbocycles. The highest BCUT2D eigenvalue weighted by Crippen LogP contribution is 2.67. The van der Waals surface area contributed by atoms with E-state index in [-0.39, 0.29) is 0 Å². The van der Waals surface area contributed by atoms with E-state index >= 15 is 0 Å². The number of imidazole rings is 1. The molecule has 1 spiro atoms. The summed E-state index contributed by atoms with van der Waals surface area (Å²) in [6, 6.07) is 64.6. The van der Waals surface area contributed by atoms with Crippen molar-refractivity contribution in [3.63, 3.8) is 0 Å². The van der Waals surface area contributed by atoms with Crippen LogP contribution in [0.25, 0.3) is 94.5 Å². The molecular weight excluding hydrogens is 679 g/mol. The molecule has 0 atom stereocenters. The summed E-state index contributed by atoms with van der Waals surface area (Å²) in [5, 5.41) is 2.58. The highest BCUT2D eigenvalue weighted by molar-refractivity contribution is 6.21. The lowest BCUT2D eigenvalue weighted by Crippen LogP contribution is -2.26. The van der Waals surface area contributed by atoms with E-state index in [9.17, 15) is 0 Å². The van der Waals surface area contributed by atoms with Gasteiger partial charge in [0.15, 0.2) is 0 Å². The molecule has 2 aromatic heterocycles. The monoisotopic (exact) mass is 709 g/mol. The first-order chi connectivity index (χ1) is 27.8. The van der Waals surface area contributed by atoms with Gasteiger partial charge >= 0.3 is 0 Å². The molecule has 0 aliphatic heterocycles. The third-order valence-electron chi connectivity index (χ3n) is 12.6. The first-order valence-electron chi connectivity index (χ1n) is 19.3. The van der Waals surface area contributed by atoms with E-state index in [1.165, 1.54) is 83.1 Å². The van der Waals surface area contributed by atoms with Crippen LogP contribution in [0.2, 0.25) is 0 Å². The number of pyridine rings is 1. The van der Waals surface area contributed by atoms with Gasteiger partial charge in [-0.1, -0.05) is 140 Å². The van der Waals surface area contributed by atoms with Crippen molar-refractivity contribution in [3.05, 3.63) is 211 Å². The van der Waals surface area contributed by atoms with Crippen molar-refractivity contribution in [2.75, 3.05) is 0 Å². The molecule has 56 heavy (non-hydrogen) atoms. The van der Waals surface area contributed by atoms with Crippen LogP contribution < -0.4 is 0 Å². The van der Waals surface area contributed by atoms with Crippen LogP contribution in [-0.4, -0.2) is 14.5 Å². The molecule has 13 rings (SSSR count). The summed E-state index contributed by atoms with van der Waals surface area (Å²) in [7, 11) is 0.